The molecule has 4 aliphatic carbocycles. The predicted octanol–water partition coefficient (Wildman–Crippen LogP) is 1.78. The lowest BCUT2D eigenvalue weighted by Crippen LogP contribution is -2.59. The number of H-pyrrole nitrogens is 1. The molecule has 4 fully saturated rings. The van der Waals surface area contributed by atoms with Gasteiger partial charge in [-0.15, -0.1) is 0 Å². The minimum atomic E-state index is -0.453. The molecule has 3 N–H and O–H groups in total. The van der Waals surface area contributed by atoms with Gasteiger partial charge < -0.3 is 10.4 Å². The number of hydrogen-bond acceptors (Lipinski definition) is 3. The second kappa shape index (κ2) is 4.36. The van der Waals surface area contributed by atoms with Crippen molar-refractivity contribution in [1.82, 2.24) is 10.3 Å². The lowest BCUT2D eigenvalue weighted by molar-refractivity contribution is -0.0167. The fourth-order valence-corrected chi connectivity index (χ4v) is 5.24. The SMILES string of the molecule is O=C(NC12CC3CC(CC(C3)C1)C2)c1cc(O)[nH]c(=O)c1. The van der Waals surface area contributed by atoms with Crippen molar-refractivity contribution in [2.24, 2.45) is 17.8 Å². The Bertz CT molecular complexity index is 614. The molecule has 0 aromatic carbocycles. The molecular formula is C16H20N2O3. The number of carbonyl (C=O) groups excluding carboxylic acids is 1. The fraction of sp³-hybridized carbons (Fsp3) is 0.625. The van der Waals surface area contributed by atoms with E-state index in [0.717, 1.165) is 37.0 Å². The first-order chi connectivity index (χ1) is 10.0. The lowest BCUT2D eigenvalue weighted by atomic mass is 9.53. The van der Waals surface area contributed by atoms with Crippen LogP contribution >= 0.6 is 0 Å². The highest BCUT2D eigenvalue weighted by Crippen LogP contribution is 2.55. The third kappa shape index (κ3) is 2.24. The standard InChI is InChI=1S/C16H20N2O3/c19-13-4-12(5-14(20)17-13)15(21)18-16-6-9-1-10(7-16)3-11(2-9)8-16/h4-5,9-11H,1-3,6-8H2,(H,18,21)(H2,17,19,20). The van der Waals surface area contributed by atoms with Gasteiger partial charge >= 0.3 is 0 Å². The van der Waals surface area contributed by atoms with Crippen LogP contribution in [0.25, 0.3) is 0 Å². The van der Waals surface area contributed by atoms with Crippen LogP contribution in [0.1, 0.15) is 48.9 Å². The Morgan fingerprint density at radius 3 is 2.24 bits per heavy atom. The Labute approximate surface area is 122 Å². The van der Waals surface area contributed by atoms with Gasteiger partial charge in [0.1, 0.15) is 0 Å². The lowest BCUT2D eigenvalue weighted by Gasteiger charge is -2.56. The van der Waals surface area contributed by atoms with E-state index >= 15 is 0 Å². The molecule has 4 bridgehead atoms. The molecule has 0 saturated heterocycles. The predicted molar refractivity (Wildman–Crippen MR) is 77.1 cm³/mol. The van der Waals surface area contributed by atoms with E-state index in [1.807, 2.05) is 0 Å². The largest absolute Gasteiger partial charge is 0.494 e. The van der Waals surface area contributed by atoms with Gasteiger partial charge in [-0.25, -0.2) is 0 Å². The van der Waals surface area contributed by atoms with Crippen molar-refractivity contribution < 1.29 is 9.90 Å². The first-order valence-corrected chi connectivity index (χ1v) is 7.77. The van der Waals surface area contributed by atoms with Gasteiger partial charge in [-0.05, 0) is 56.3 Å². The highest BCUT2D eigenvalue weighted by atomic mass is 16.3. The Balaban J connectivity index is 1.58. The summed E-state index contributed by atoms with van der Waals surface area (Å²) in [6.45, 7) is 0. The Kier molecular flexibility index (Phi) is 2.68. The maximum Gasteiger partial charge on any atom is 0.252 e. The van der Waals surface area contributed by atoms with Crippen LogP contribution in [0, 0.1) is 17.8 Å². The zero-order valence-corrected chi connectivity index (χ0v) is 11.9. The van der Waals surface area contributed by atoms with Gasteiger partial charge in [0.2, 0.25) is 0 Å². The van der Waals surface area contributed by atoms with Crippen LogP contribution < -0.4 is 10.9 Å². The minimum Gasteiger partial charge on any atom is -0.494 e. The summed E-state index contributed by atoms with van der Waals surface area (Å²) in [5.41, 5.74) is -0.290. The molecule has 0 atom stereocenters. The average Bonchev–Trinajstić information content (AvgIpc) is 2.35. The molecule has 5 nitrogen and oxygen atoms in total. The van der Waals surface area contributed by atoms with Gasteiger partial charge in [-0.3, -0.25) is 14.6 Å². The minimum absolute atomic E-state index is 0.0793. The summed E-state index contributed by atoms with van der Waals surface area (Å²) in [4.78, 5) is 26.1. The maximum absolute atomic E-state index is 12.5. The second-order valence-electron chi connectivity index (χ2n) is 7.27. The molecule has 0 unspecified atom stereocenters. The van der Waals surface area contributed by atoms with Crippen LogP contribution in [-0.2, 0) is 0 Å². The molecule has 5 rings (SSSR count). The molecule has 5 heteroatoms. The van der Waals surface area contributed by atoms with E-state index in [2.05, 4.69) is 10.3 Å². The molecule has 112 valence electrons. The quantitative estimate of drug-likeness (QED) is 0.775. The number of pyridine rings is 1. The molecule has 21 heavy (non-hydrogen) atoms. The smallest absolute Gasteiger partial charge is 0.252 e. The second-order valence-corrected chi connectivity index (χ2v) is 7.27. The van der Waals surface area contributed by atoms with E-state index in [0.29, 0.717) is 0 Å². The Morgan fingerprint density at radius 2 is 1.71 bits per heavy atom. The Morgan fingerprint density at radius 1 is 1.14 bits per heavy atom. The molecular weight excluding hydrogens is 268 g/mol. The zero-order valence-electron chi connectivity index (χ0n) is 11.9. The van der Waals surface area contributed by atoms with Gasteiger partial charge in [0.05, 0.1) is 5.56 Å². The first kappa shape index (κ1) is 12.9. The third-order valence-electron chi connectivity index (χ3n) is 5.51. The summed E-state index contributed by atoms with van der Waals surface area (Å²) in [5.74, 6) is 1.76. The van der Waals surface area contributed by atoms with Crippen LogP contribution in [0.5, 0.6) is 5.88 Å². The van der Waals surface area contributed by atoms with Crippen molar-refractivity contribution in [3.05, 3.63) is 28.0 Å². The number of hydrogen-bond donors (Lipinski definition) is 3. The normalized spacial score (nSPS) is 36.7. The van der Waals surface area contributed by atoms with Crippen LogP contribution in [0.4, 0.5) is 0 Å². The van der Waals surface area contributed by atoms with Gasteiger partial charge in [-0.2, -0.15) is 0 Å². The molecule has 1 aromatic rings. The number of rotatable bonds is 2. The van der Waals surface area contributed by atoms with E-state index in [1.165, 1.54) is 31.4 Å². The van der Waals surface area contributed by atoms with Crippen molar-refractivity contribution >= 4 is 5.91 Å². The van der Waals surface area contributed by atoms with E-state index in [-0.39, 0.29) is 22.9 Å². The zero-order chi connectivity index (χ0) is 14.6. The number of aromatic amines is 1. The topological polar surface area (TPSA) is 82.2 Å². The molecule has 4 saturated carbocycles. The fourth-order valence-electron chi connectivity index (χ4n) is 5.24. The average molecular weight is 288 g/mol. The van der Waals surface area contributed by atoms with Crippen molar-refractivity contribution in [3.63, 3.8) is 0 Å². The number of aromatic nitrogens is 1. The molecule has 0 radical (unpaired) electrons. The van der Waals surface area contributed by atoms with Gasteiger partial charge in [-0.1, -0.05) is 0 Å². The van der Waals surface area contributed by atoms with Gasteiger partial charge in [0, 0.05) is 17.7 Å². The van der Waals surface area contributed by atoms with E-state index in [1.54, 1.807) is 0 Å². The molecule has 1 amide bonds. The van der Waals surface area contributed by atoms with E-state index in [4.69, 9.17) is 0 Å². The van der Waals surface area contributed by atoms with E-state index in [9.17, 15) is 14.7 Å². The van der Waals surface area contributed by atoms with Gasteiger partial charge in [0.25, 0.3) is 11.5 Å². The molecule has 0 spiro atoms. The van der Waals surface area contributed by atoms with Crippen LogP contribution in [0.15, 0.2) is 16.9 Å². The maximum atomic E-state index is 12.5. The summed E-state index contributed by atoms with van der Waals surface area (Å²) in [6, 6.07) is 2.56. The molecule has 1 aromatic heterocycles. The highest BCUT2D eigenvalue weighted by molar-refractivity contribution is 5.94. The number of amides is 1. The Hall–Kier alpha value is -1.78. The van der Waals surface area contributed by atoms with Crippen molar-refractivity contribution in [1.29, 1.82) is 0 Å². The van der Waals surface area contributed by atoms with Gasteiger partial charge in [0.15, 0.2) is 5.88 Å². The number of carbonyl (C=O) groups is 1. The van der Waals surface area contributed by atoms with Crippen LogP contribution in [-0.4, -0.2) is 21.5 Å². The summed E-state index contributed by atoms with van der Waals surface area (Å²) < 4.78 is 0. The van der Waals surface area contributed by atoms with E-state index < -0.39 is 5.56 Å². The summed E-state index contributed by atoms with van der Waals surface area (Å²) in [5, 5.41) is 12.6. The van der Waals surface area contributed by atoms with Crippen molar-refractivity contribution in [2.45, 2.75) is 44.1 Å². The number of aromatic hydroxyl groups is 1. The third-order valence-corrected chi connectivity index (χ3v) is 5.51. The van der Waals surface area contributed by atoms with Crippen molar-refractivity contribution in [3.8, 4) is 5.88 Å². The summed E-state index contributed by atoms with van der Waals surface area (Å²) >= 11 is 0. The summed E-state index contributed by atoms with van der Waals surface area (Å²) in [6.07, 6.45) is 7.17. The summed E-state index contributed by atoms with van der Waals surface area (Å²) in [7, 11) is 0. The van der Waals surface area contributed by atoms with Crippen LogP contribution in [0.2, 0.25) is 0 Å². The van der Waals surface area contributed by atoms with Crippen molar-refractivity contribution in [2.75, 3.05) is 0 Å². The monoisotopic (exact) mass is 288 g/mol. The molecule has 0 aliphatic heterocycles. The molecule has 4 aliphatic rings. The number of nitrogens with one attached hydrogen (secondary N) is 2. The first-order valence-electron chi connectivity index (χ1n) is 7.77. The van der Waals surface area contributed by atoms with Crippen LogP contribution in [0.3, 0.4) is 0 Å². The highest BCUT2D eigenvalue weighted by Gasteiger charge is 2.51. The molecule has 1 heterocycles.